The Hall–Kier alpha value is -3.18. The second-order valence-electron chi connectivity index (χ2n) is 10.3. The molecule has 2 unspecified atom stereocenters. The Kier molecular flexibility index (Phi) is 7.27. The minimum absolute atomic E-state index is 0.0270. The molecule has 0 spiro atoms. The standard InChI is InChI=1S/C24H35N7O4/c1-24(2,3)35-23(32)27-18-13-14-29(15-18)30-21(26-17-11-7-8-12-17)20(31(33)34)19(28-22(30)25)16-9-5-4-6-10-16/h4-6,9-10,17-18,21,26H,7-8,11-15H2,1-3H3,(H2,25,28)(H,27,32). The first-order valence-electron chi connectivity index (χ1n) is 12.2. The van der Waals surface area contributed by atoms with Gasteiger partial charge in [0.2, 0.25) is 5.96 Å². The van der Waals surface area contributed by atoms with Crippen LogP contribution in [-0.4, -0.2) is 63.9 Å². The zero-order chi connectivity index (χ0) is 25.2. The Morgan fingerprint density at radius 1 is 1.17 bits per heavy atom. The second kappa shape index (κ2) is 10.2. The van der Waals surface area contributed by atoms with Crippen LogP contribution in [0.1, 0.15) is 58.4 Å². The van der Waals surface area contributed by atoms with Crippen molar-refractivity contribution in [1.82, 2.24) is 20.7 Å². The molecular formula is C24H35N7O4. The van der Waals surface area contributed by atoms with Gasteiger partial charge in [-0.25, -0.2) is 19.8 Å². The van der Waals surface area contributed by atoms with E-state index >= 15 is 0 Å². The highest BCUT2D eigenvalue weighted by Gasteiger charge is 2.45. The minimum atomic E-state index is -0.777. The van der Waals surface area contributed by atoms with E-state index in [1.165, 1.54) is 0 Å². The predicted molar refractivity (Wildman–Crippen MR) is 132 cm³/mol. The van der Waals surface area contributed by atoms with Gasteiger partial charge < -0.3 is 15.8 Å². The Morgan fingerprint density at radius 2 is 1.86 bits per heavy atom. The van der Waals surface area contributed by atoms with Gasteiger partial charge in [0, 0.05) is 30.7 Å². The van der Waals surface area contributed by atoms with Crippen LogP contribution >= 0.6 is 0 Å². The molecule has 4 N–H and O–H groups in total. The number of rotatable bonds is 6. The summed E-state index contributed by atoms with van der Waals surface area (Å²) in [7, 11) is 0. The quantitative estimate of drug-likeness (QED) is 0.413. The van der Waals surface area contributed by atoms with Crippen molar-refractivity contribution in [2.75, 3.05) is 13.1 Å². The van der Waals surface area contributed by atoms with Crippen molar-refractivity contribution in [3.8, 4) is 0 Å². The molecule has 11 nitrogen and oxygen atoms in total. The molecule has 1 aromatic rings. The first-order valence-corrected chi connectivity index (χ1v) is 12.2. The van der Waals surface area contributed by atoms with Crippen molar-refractivity contribution >= 4 is 17.7 Å². The summed E-state index contributed by atoms with van der Waals surface area (Å²) in [6.45, 7) is 6.43. The van der Waals surface area contributed by atoms with Crippen LogP contribution in [0.3, 0.4) is 0 Å². The van der Waals surface area contributed by atoms with Crippen LogP contribution in [0.2, 0.25) is 0 Å². The van der Waals surface area contributed by atoms with Gasteiger partial charge in [0.05, 0.1) is 4.92 Å². The molecule has 11 heteroatoms. The Balaban J connectivity index is 1.61. The third kappa shape index (κ3) is 5.91. The third-order valence-electron chi connectivity index (χ3n) is 6.39. The third-order valence-corrected chi connectivity index (χ3v) is 6.39. The first kappa shape index (κ1) is 24.9. The number of hydrogen-bond acceptors (Lipinski definition) is 9. The Bertz CT molecular complexity index is 999. The number of nitrogens with one attached hydrogen (secondary N) is 2. The summed E-state index contributed by atoms with van der Waals surface area (Å²) in [5.74, 6) is 0.183. The van der Waals surface area contributed by atoms with E-state index in [1.54, 1.807) is 17.1 Å². The van der Waals surface area contributed by atoms with Gasteiger partial charge in [-0.05, 0) is 40.0 Å². The van der Waals surface area contributed by atoms with Crippen molar-refractivity contribution in [3.63, 3.8) is 0 Å². The summed E-state index contributed by atoms with van der Waals surface area (Å²) < 4.78 is 5.38. The van der Waals surface area contributed by atoms with Crippen molar-refractivity contribution < 1.29 is 14.5 Å². The van der Waals surface area contributed by atoms with Crippen LogP contribution in [0.5, 0.6) is 0 Å². The highest BCUT2D eigenvalue weighted by Crippen LogP contribution is 2.32. The van der Waals surface area contributed by atoms with Gasteiger partial charge in [0.15, 0.2) is 11.9 Å². The zero-order valence-electron chi connectivity index (χ0n) is 20.6. The van der Waals surface area contributed by atoms with E-state index in [-0.39, 0.29) is 34.4 Å². The van der Waals surface area contributed by atoms with Gasteiger partial charge in [0.1, 0.15) is 5.60 Å². The molecule has 4 rings (SSSR count). The topological polar surface area (TPSA) is 138 Å². The van der Waals surface area contributed by atoms with E-state index in [0.717, 1.165) is 25.7 Å². The molecule has 1 amide bonds. The predicted octanol–water partition coefficient (Wildman–Crippen LogP) is 2.63. The lowest BCUT2D eigenvalue weighted by molar-refractivity contribution is -0.435. The highest BCUT2D eigenvalue weighted by atomic mass is 16.6. The number of carbonyl (C=O) groups is 1. The molecule has 2 atom stereocenters. The highest BCUT2D eigenvalue weighted by molar-refractivity contribution is 5.88. The molecule has 1 aliphatic carbocycles. The number of guanidine groups is 1. The number of aliphatic imine (C=N–C) groups is 1. The molecule has 0 radical (unpaired) electrons. The molecule has 0 aromatic heterocycles. The van der Waals surface area contributed by atoms with Crippen LogP contribution in [0.15, 0.2) is 41.0 Å². The van der Waals surface area contributed by atoms with Crippen molar-refractivity contribution in [1.29, 1.82) is 0 Å². The number of benzene rings is 1. The van der Waals surface area contributed by atoms with Crippen molar-refractivity contribution in [2.45, 2.75) is 76.7 Å². The van der Waals surface area contributed by atoms with Gasteiger partial charge >= 0.3 is 11.8 Å². The van der Waals surface area contributed by atoms with Gasteiger partial charge in [-0.15, -0.1) is 0 Å². The summed E-state index contributed by atoms with van der Waals surface area (Å²) in [6.07, 6.45) is 3.47. The van der Waals surface area contributed by atoms with E-state index in [0.29, 0.717) is 25.1 Å². The molecule has 1 aromatic carbocycles. The average molecular weight is 486 g/mol. The van der Waals surface area contributed by atoms with E-state index < -0.39 is 17.9 Å². The fraction of sp³-hybridized carbons (Fsp3) is 0.583. The molecule has 35 heavy (non-hydrogen) atoms. The monoisotopic (exact) mass is 485 g/mol. The van der Waals surface area contributed by atoms with E-state index in [2.05, 4.69) is 15.6 Å². The SMILES string of the molecule is CC(C)(C)OC(=O)NC1CCN(N2C(N)=NC(c3ccccc3)=C([N+](=O)[O-])C2NC2CCCC2)C1. The summed E-state index contributed by atoms with van der Waals surface area (Å²) >= 11 is 0. The van der Waals surface area contributed by atoms with E-state index in [1.807, 2.05) is 44.0 Å². The van der Waals surface area contributed by atoms with Gasteiger partial charge in [-0.3, -0.25) is 15.4 Å². The van der Waals surface area contributed by atoms with Crippen LogP contribution < -0.4 is 16.4 Å². The second-order valence-corrected chi connectivity index (χ2v) is 10.3. The van der Waals surface area contributed by atoms with Crippen LogP contribution in [0.4, 0.5) is 4.79 Å². The number of alkyl carbamates (subject to hydrolysis) is 1. The van der Waals surface area contributed by atoms with Crippen LogP contribution in [0.25, 0.3) is 5.70 Å². The van der Waals surface area contributed by atoms with Gasteiger partial charge in [0.25, 0.3) is 0 Å². The van der Waals surface area contributed by atoms with Crippen molar-refractivity contribution in [2.24, 2.45) is 10.7 Å². The molecule has 2 fully saturated rings. The number of ether oxygens (including phenoxy) is 1. The summed E-state index contributed by atoms with van der Waals surface area (Å²) in [5, 5.41) is 22.4. The van der Waals surface area contributed by atoms with Crippen molar-refractivity contribution in [3.05, 3.63) is 51.7 Å². The molecular weight excluding hydrogens is 450 g/mol. The molecule has 2 aliphatic heterocycles. The summed E-state index contributed by atoms with van der Waals surface area (Å²) in [5.41, 5.74) is 6.76. The van der Waals surface area contributed by atoms with E-state index in [4.69, 9.17) is 10.5 Å². The maximum Gasteiger partial charge on any atom is 0.407 e. The van der Waals surface area contributed by atoms with Crippen LogP contribution in [-0.2, 0) is 4.74 Å². The fourth-order valence-electron chi connectivity index (χ4n) is 4.90. The maximum atomic E-state index is 12.4. The smallest absolute Gasteiger partial charge is 0.407 e. The molecule has 190 valence electrons. The van der Waals surface area contributed by atoms with Gasteiger partial charge in [-0.2, -0.15) is 0 Å². The number of amides is 1. The first-order chi connectivity index (χ1) is 16.6. The lowest BCUT2D eigenvalue weighted by Crippen LogP contribution is -2.63. The number of nitrogens with zero attached hydrogens (tertiary/aromatic N) is 4. The molecule has 3 aliphatic rings. The normalized spacial score (nSPS) is 24.0. The number of nitrogens with two attached hydrogens (primary N) is 1. The number of hydrogen-bond donors (Lipinski definition) is 3. The molecule has 1 saturated carbocycles. The number of hydrazine groups is 1. The molecule has 0 bridgehead atoms. The molecule has 1 saturated heterocycles. The number of nitro groups is 1. The number of carbonyl (C=O) groups excluding carboxylic acids is 1. The summed E-state index contributed by atoms with van der Waals surface area (Å²) in [6, 6.07) is 9.08. The minimum Gasteiger partial charge on any atom is -0.444 e. The van der Waals surface area contributed by atoms with E-state index in [9.17, 15) is 14.9 Å². The largest absolute Gasteiger partial charge is 0.444 e. The lowest BCUT2D eigenvalue weighted by Gasteiger charge is -2.41. The van der Waals surface area contributed by atoms with Gasteiger partial charge in [-0.1, -0.05) is 43.2 Å². The average Bonchev–Trinajstić information content (AvgIpc) is 3.45. The van der Waals surface area contributed by atoms with Crippen LogP contribution in [0, 0.1) is 10.1 Å². The summed E-state index contributed by atoms with van der Waals surface area (Å²) in [4.78, 5) is 28.8. The Labute approximate surface area is 205 Å². The lowest BCUT2D eigenvalue weighted by atomic mass is 10.1. The fourth-order valence-corrected chi connectivity index (χ4v) is 4.90. The molecule has 2 heterocycles. The maximum absolute atomic E-state index is 12.4. The zero-order valence-corrected chi connectivity index (χ0v) is 20.6. The Morgan fingerprint density at radius 3 is 2.49 bits per heavy atom.